The van der Waals surface area contributed by atoms with Crippen LogP contribution in [0.25, 0.3) is 22.4 Å². The summed E-state index contributed by atoms with van der Waals surface area (Å²) in [6, 6.07) is 11.5. The highest BCUT2D eigenvalue weighted by atomic mass is 32.1. The first-order valence-electron chi connectivity index (χ1n) is 6.72. The highest BCUT2D eigenvalue weighted by Gasteiger charge is 2.12. The summed E-state index contributed by atoms with van der Waals surface area (Å²) in [7, 11) is 0. The minimum Gasteiger partial charge on any atom is -0.465 e. The number of fused-ring (bicyclic) bond motifs is 1. The van der Waals surface area contributed by atoms with Gasteiger partial charge in [-0.05, 0) is 25.1 Å². The van der Waals surface area contributed by atoms with Crippen LogP contribution < -0.4 is 10.1 Å². The maximum absolute atomic E-state index is 12.4. The van der Waals surface area contributed by atoms with E-state index in [-0.39, 0.29) is 5.56 Å². The Kier molecular flexibility index (Phi) is 2.90. The molecule has 0 aliphatic rings. The van der Waals surface area contributed by atoms with Crippen LogP contribution in [0, 0.1) is 6.92 Å². The molecule has 6 heteroatoms. The van der Waals surface area contributed by atoms with E-state index in [1.807, 2.05) is 31.2 Å². The molecule has 1 aromatic carbocycles. The summed E-state index contributed by atoms with van der Waals surface area (Å²) >= 11 is 1.30. The van der Waals surface area contributed by atoms with Crippen LogP contribution >= 0.6 is 11.3 Å². The molecule has 0 unspecified atom stereocenters. The molecule has 0 atom stereocenters. The molecule has 0 amide bonds. The van der Waals surface area contributed by atoms with Gasteiger partial charge in [0.05, 0.1) is 6.26 Å². The topological polar surface area (TPSA) is 60.4 Å². The predicted octanol–water partition coefficient (Wildman–Crippen LogP) is 2.27. The summed E-state index contributed by atoms with van der Waals surface area (Å²) in [5.74, 6) is 1.21. The summed E-state index contributed by atoms with van der Waals surface area (Å²) in [4.78, 5) is 17.4. The standard InChI is InChI=1S/C16H11N3O2S/c1-10-4-2-5-11(8-10)14-17-16-19(18-14)15(20)13(22-16)9-12-6-3-7-21-12/h2-9H,1H3/b13-9-. The quantitative estimate of drug-likeness (QED) is 0.570. The fraction of sp³-hybridized carbons (Fsp3) is 0.0625. The Morgan fingerprint density at radius 2 is 2.18 bits per heavy atom. The fourth-order valence-electron chi connectivity index (χ4n) is 2.24. The third kappa shape index (κ3) is 2.14. The normalized spacial score (nSPS) is 12.3. The minimum atomic E-state index is -0.178. The van der Waals surface area contributed by atoms with Gasteiger partial charge in [-0.3, -0.25) is 4.79 Å². The number of aryl methyl sites for hydroxylation is 1. The number of aromatic nitrogens is 3. The van der Waals surface area contributed by atoms with E-state index in [4.69, 9.17) is 4.42 Å². The van der Waals surface area contributed by atoms with Crippen LogP contribution in [0.2, 0.25) is 0 Å². The van der Waals surface area contributed by atoms with Gasteiger partial charge in [0.25, 0.3) is 5.56 Å². The molecule has 0 N–H and O–H groups in total. The molecular weight excluding hydrogens is 298 g/mol. The molecule has 0 spiro atoms. The van der Waals surface area contributed by atoms with Crippen molar-refractivity contribution in [1.82, 2.24) is 14.6 Å². The van der Waals surface area contributed by atoms with Crippen molar-refractivity contribution < 1.29 is 4.42 Å². The maximum Gasteiger partial charge on any atom is 0.291 e. The van der Waals surface area contributed by atoms with Crippen LogP contribution in [0.3, 0.4) is 0 Å². The average Bonchev–Trinajstić information content (AvgIpc) is 3.20. The second-order valence-corrected chi connectivity index (χ2v) is 5.94. The van der Waals surface area contributed by atoms with Crippen molar-refractivity contribution in [3.8, 4) is 11.4 Å². The van der Waals surface area contributed by atoms with Gasteiger partial charge in [0.15, 0.2) is 5.82 Å². The third-order valence-electron chi connectivity index (χ3n) is 3.27. The molecule has 3 aromatic heterocycles. The molecule has 0 saturated heterocycles. The molecule has 0 radical (unpaired) electrons. The average molecular weight is 309 g/mol. The monoisotopic (exact) mass is 309 g/mol. The summed E-state index contributed by atoms with van der Waals surface area (Å²) < 4.78 is 7.13. The number of hydrogen-bond acceptors (Lipinski definition) is 5. The van der Waals surface area contributed by atoms with Crippen LogP contribution in [0.15, 0.2) is 51.9 Å². The van der Waals surface area contributed by atoms with E-state index < -0.39 is 0 Å². The number of benzene rings is 1. The van der Waals surface area contributed by atoms with Gasteiger partial charge in [0, 0.05) is 11.6 Å². The van der Waals surface area contributed by atoms with Crippen LogP contribution in [0.1, 0.15) is 11.3 Å². The highest BCUT2D eigenvalue weighted by Crippen LogP contribution is 2.17. The van der Waals surface area contributed by atoms with Gasteiger partial charge in [0.1, 0.15) is 10.3 Å². The lowest BCUT2D eigenvalue weighted by atomic mass is 10.1. The zero-order valence-electron chi connectivity index (χ0n) is 11.7. The van der Waals surface area contributed by atoms with E-state index in [9.17, 15) is 4.79 Å². The first-order chi connectivity index (χ1) is 10.7. The van der Waals surface area contributed by atoms with Crippen molar-refractivity contribution >= 4 is 22.4 Å². The van der Waals surface area contributed by atoms with Gasteiger partial charge in [-0.15, -0.1) is 5.10 Å². The number of nitrogens with zero attached hydrogens (tertiary/aromatic N) is 3. The Balaban J connectivity index is 1.86. The summed E-state index contributed by atoms with van der Waals surface area (Å²) in [5.41, 5.74) is 1.86. The second kappa shape index (κ2) is 4.92. The Morgan fingerprint density at radius 3 is 2.91 bits per heavy atom. The molecular formula is C16H11N3O2S. The number of thiazole rings is 1. The van der Waals surface area contributed by atoms with E-state index >= 15 is 0 Å². The van der Waals surface area contributed by atoms with Gasteiger partial charge in [0.2, 0.25) is 4.96 Å². The van der Waals surface area contributed by atoms with Crippen molar-refractivity contribution in [2.24, 2.45) is 0 Å². The molecule has 0 aliphatic carbocycles. The van der Waals surface area contributed by atoms with Crippen molar-refractivity contribution in [1.29, 1.82) is 0 Å². The Hall–Kier alpha value is -2.73. The Bertz CT molecular complexity index is 1060. The van der Waals surface area contributed by atoms with E-state index in [0.717, 1.165) is 11.1 Å². The predicted molar refractivity (Wildman–Crippen MR) is 84.8 cm³/mol. The van der Waals surface area contributed by atoms with Crippen LogP contribution in [-0.4, -0.2) is 14.6 Å². The van der Waals surface area contributed by atoms with Crippen molar-refractivity contribution in [3.05, 3.63) is 68.9 Å². The van der Waals surface area contributed by atoms with Crippen molar-refractivity contribution in [2.75, 3.05) is 0 Å². The summed E-state index contributed by atoms with van der Waals surface area (Å²) in [5, 5.41) is 4.33. The lowest BCUT2D eigenvalue weighted by molar-refractivity contribution is 0.556. The zero-order valence-corrected chi connectivity index (χ0v) is 12.5. The maximum atomic E-state index is 12.4. The van der Waals surface area contributed by atoms with Crippen molar-refractivity contribution in [3.63, 3.8) is 0 Å². The molecule has 0 bridgehead atoms. The van der Waals surface area contributed by atoms with Crippen molar-refractivity contribution in [2.45, 2.75) is 6.92 Å². The van der Waals surface area contributed by atoms with Crippen LogP contribution in [0.5, 0.6) is 0 Å². The molecule has 4 rings (SSSR count). The Labute approximate surface area is 129 Å². The lowest BCUT2D eigenvalue weighted by Crippen LogP contribution is -2.23. The number of furan rings is 1. The van der Waals surface area contributed by atoms with Gasteiger partial charge in [-0.25, -0.2) is 0 Å². The molecule has 0 aliphatic heterocycles. The van der Waals surface area contributed by atoms with E-state index in [2.05, 4.69) is 10.1 Å². The van der Waals surface area contributed by atoms with Gasteiger partial charge < -0.3 is 4.42 Å². The van der Waals surface area contributed by atoms with E-state index in [1.54, 1.807) is 24.5 Å². The summed E-state index contributed by atoms with van der Waals surface area (Å²) in [6.45, 7) is 2.01. The number of hydrogen-bond donors (Lipinski definition) is 0. The molecule has 22 heavy (non-hydrogen) atoms. The minimum absolute atomic E-state index is 0.178. The van der Waals surface area contributed by atoms with Crippen LogP contribution in [-0.2, 0) is 0 Å². The van der Waals surface area contributed by atoms with Crippen LogP contribution in [0.4, 0.5) is 0 Å². The third-order valence-corrected chi connectivity index (χ3v) is 4.23. The first kappa shape index (κ1) is 13.0. The highest BCUT2D eigenvalue weighted by molar-refractivity contribution is 7.15. The zero-order chi connectivity index (χ0) is 15.1. The largest absolute Gasteiger partial charge is 0.465 e. The smallest absolute Gasteiger partial charge is 0.291 e. The first-order valence-corrected chi connectivity index (χ1v) is 7.54. The van der Waals surface area contributed by atoms with Gasteiger partial charge in [-0.1, -0.05) is 35.1 Å². The summed E-state index contributed by atoms with van der Waals surface area (Å²) in [6.07, 6.45) is 3.28. The number of rotatable bonds is 2. The van der Waals surface area contributed by atoms with E-state index in [0.29, 0.717) is 21.1 Å². The molecule has 0 saturated carbocycles. The second-order valence-electron chi connectivity index (χ2n) is 4.93. The SMILES string of the molecule is Cc1cccc(-c2nc3s/c(=C\c4ccco4)c(=O)n3n2)c1. The van der Waals surface area contributed by atoms with E-state index in [1.165, 1.54) is 15.9 Å². The van der Waals surface area contributed by atoms with Gasteiger partial charge in [-0.2, -0.15) is 9.50 Å². The molecule has 0 fully saturated rings. The lowest BCUT2D eigenvalue weighted by Gasteiger charge is -1.95. The molecule has 108 valence electrons. The van der Waals surface area contributed by atoms with Gasteiger partial charge >= 0.3 is 0 Å². The Morgan fingerprint density at radius 1 is 1.27 bits per heavy atom. The molecule has 4 aromatic rings. The molecule has 3 heterocycles. The molecule has 5 nitrogen and oxygen atoms in total. The fourth-order valence-corrected chi connectivity index (χ4v) is 3.13.